The summed E-state index contributed by atoms with van der Waals surface area (Å²) in [5.41, 5.74) is 8.07. The van der Waals surface area contributed by atoms with Gasteiger partial charge in [-0.25, -0.2) is 17.8 Å². The summed E-state index contributed by atoms with van der Waals surface area (Å²) in [5.74, 6) is 1.41. The highest BCUT2D eigenvalue weighted by atomic mass is 32.2. The van der Waals surface area contributed by atoms with Gasteiger partial charge in [0.25, 0.3) is 0 Å². The van der Waals surface area contributed by atoms with E-state index in [0.29, 0.717) is 23.3 Å². The molecule has 0 saturated carbocycles. The Hall–Kier alpha value is -4.87. The molecule has 0 amide bonds. The fourth-order valence-corrected chi connectivity index (χ4v) is 4.82. The number of aryl methyl sites for hydroxylation is 1. The van der Waals surface area contributed by atoms with Crippen LogP contribution in [0.3, 0.4) is 0 Å². The number of hydrazone groups is 1. The number of para-hydroxylation sites is 1. The first-order chi connectivity index (χ1) is 19.4. The first kappa shape index (κ1) is 26.7. The Labute approximate surface area is 232 Å². The molecule has 0 unspecified atom stereocenters. The molecule has 0 bridgehead atoms. The summed E-state index contributed by atoms with van der Waals surface area (Å²) >= 11 is 0. The average molecular weight is 553 g/mol. The van der Waals surface area contributed by atoms with E-state index < -0.39 is 10.0 Å². The van der Waals surface area contributed by atoms with Gasteiger partial charge in [0.15, 0.2) is 11.6 Å². The largest absolute Gasteiger partial charge is 0.324 e. The van der Waals surface area contributed by atoms with Gasteiger partial charge in [0.2, 0.25) is 16.0 Å². The summed E-state index contributed by atoms with van der Waals surface area (Å²) in [5, 5.41) is 12.3. The lowest BCUT2D eigenvalue weighted by molar-refractivity contribution is 0.588. The Bertz CT molecular complexity index is 1750. The molecule has 2 heterocycles. The third kappa shape index (κ3) is 5.75. The number of hydrogen-bond acceptors (Lipinski definition) is 8. The molecular weight excluding hydrogens is 524 g/mol. The third-order valence-electron chi connectivity index (χ3n) is 6.24. The van der Waals surface area contributed by atoms with Gasteiger partial charge >= 0.3 is 0 Å². The topological polar surface area (TPSA) is 126 Å². The molecule has 0 radical (unpaired) electrons. The van der Waals surface area contributed by atoms with Crippen molar-refractivity contribution in [2.24, 2.45) is 5.10 Å². The van der Waals surface area contributed by atoms with Crippen LogP contribution in [0.5, 0.6) is 0 Å². The summed E-state index contributed by atoms with van der Waals surface area (Å²) in [4.78, 5) is 9.83. The van der Waals surface area contributed by atoms with Crippen LogP contribution >= 0.6 is 0 Å². The van der Waals surface area contributed by atoms with Crippen molar-refractivity contribution in [3.8, 4) is 16.9 Å². The molecule has 0 spiro atoms. The van der Waals surface area contributed by atoms with E-state index in [0.717, 1.165) is 27.9 Å². The quantitative estimate of drug-likeness (QED) is 0.171. The molecule has 0 aliphatic carbocycles. The van der Waals surface area contributed by atoms with Crippen LogP contribution in [0.4, 0.5) is 17.5 Å². The number of sulfonamides is 1. The van der Waals surface area contributed by atoms with Crippen molar-refractivity contribution in [1.82, 2.24) is 24.5 Å². The van der Waals surface area contributed by atoms with Crippen LogP contribution in [-0.2, 0) is 10.0 Å². The van der Waals surface area contributed by atoms with Crippen molar-refractivity contribution >= 4 is 33.2 Å². The highest BCUT2D eigenvalue weighted by Crippen LogP contribution is 2.35. The van der Waals surface area contributed by atoms with Gasteiger partial charge in [0, 0.05) is 18.1 Å². The van der Waals surface area contributed by atoms with Crippen molar-refractivity contribution in [2.45, 2.75) is 18.7 Å². The van der Waals surface area contributed by atoms with Crippen LogP contribution in [0, 0.1) is 6.92 Å². The molecule has 0 aliphatic heterocycles. The fraction of sp³-hybridized carbons (Fsp3) is 0.103. The normalized spacial score (nSPS) is 11.8. The number of nitrogens with one attached hydrogen (secondary N) is 3. The van der Waals surface area contributed by atoms with Crippen LogP contribution in [0.25, 0.3) is 16.9 Å². The summed E-state index contributed by atoms with van der Waals surface area (Å²) in [6.45, 7) is 3.86. The fourth-order valence-electron chi connectivity index (χ4n) is 4.09. The Morgan fingerprint density at radius 1 is 0.900 bits per heavy atom. The second-order valence-corrected chi connectivity index (χ2v) is 10.8. The predicted octanol–water partition coefficient (Wildman–Crippen LogP) is 5.13. The van der Waals surface area contributed by atoms with E-state index in [2.05, 4.69) is 25.7 Å². The molecule has 0 fully saturated rings. The van der Waals surface area contributed by atoms with Crippen molar-refractivity contribution in [3.63, 3.8) is 0 Å². The maximum atomic E-state index is 12.1. The predicted molar refractivity (Wildman–Crippen MR) is 158 cm³/mol. The zero-order valence-corrected chi connectivity index (χ0v) is 23.0. The van der Waals surface area contributed by atoms with Crippen LogP contribution in [0.1, 0.15) is 18.1 Å². The second-order valence-electron chi connectivity index (χ2n) is 8.89. The second kappa shape index (κ2) is 11.5. The molecule has 5 aromatic rings. The lowest BCUT2D eigenvalue weighted by atomic mass is 10.0. The third-order valence-corrected chi connectivity index (χ3v) is 7.67. The summed E-state index contributed by atoms with van der Waals surface area (Å²) in [6, 6.07) is 26.0. The van der Waals surface area contributed by atoms with Gasteiger partial charge in [-0.15, -0.1) is 0 Å². The van der Waals surface area contributed by atoms with E-state index in [1.54, 1.807) is 35.1 Å². The number of benzene rings is 3. The molecule has 0 aliphatic rings. The van der Waals surface area contributed by atoms with E-state index >= 15 is 0 Å². The number of aromatic nitrogens is 4. The Morgan fingerprint density at radius 3 is 2.30 bits per heavy atom. The lowest BCUT2D eigenvalue weighted by Crippen LogP contribution is -2.18. The van der Waals surface area contributed by atoms with Gasteiger partial charge in [-0.2, -0.15) is 20.2 Å². The van der Waals surface area contributed by atoms with Crippen molar-refractivity contribution in [3.05, 3.63) is 108 Å². The molecule has 2 aromatic heterocycles. The maximum Gasteiger partial charge on any atom is 0.240 e. The van der Waals surface area contributed by atoms with Crippen LogP contribution in [0.15, 0.2) is 107 Å². The molecule has 3 aromatic carbocycles. The lowest BCUT2D eigenvalue weighted by Gasteiger charge is -2.17. The maximum absolute atomic E-state index is 12.1. The molecular formula is C29H28N8O2S. The van der Waals surface area contributed by atoms with E-state index in [-0.39, 0.29) is 4.90 Å². The van der Waals surface area contributed by atoms with E-state index in [4.69, 9.17) is 9.97 Å². The number of rotatable bonds is 9. The number of anilines is 3. The molecule has 10 nitrogen and oxygen atoms in total. The zero-order valence-electron chi connectivity index (χ0n) is 22.2. The Balaban J connectivity index is 1.61. The van der Waals surface area contributed by atoms with Crippen LogP contribution in [0.2, 0.25) is 0 Å². The first-order valence-corrected chi connectivity index (χ1v) is 14.0. The molecule has 40 heavy (non-hydrogen) atoms. The molecule has 3 N–H and O–H groups in total. The smallest absolute Gasteiger partial charge is 0.240 e. The highest BCUT2D eigenvalue weighted by Gasteiger charge is 2.20. The monoisotopic (exact) mass is 552 g/mol. The van der Waals surface area contributed by atoms with Crippen LogP contribution < -0.4 is 15.5 Å². The molecule has 202 valence electrons. The van der Waals surface area contributed by atoms with Crippen LogP contribution in [-0.4, -0.2) is 40.9 Å². The standard InChI is InChI=1S/C29H28N8O2S/c1-20-10-7-8-13-25(20)26-27(36-35-21(2)22-14-16-24(17-15-22)40(38,39)30-3)33-29(32-23-11-5-4-6-12-23)34-28(26)37-19-9-18-31-37/h4-19,30H,1-3H3,(H2,32,33,34,36). The van der Waals surface area contributed by atoms with Gasteiger partial charge in [-0.3, -0.25) is 5.43 Å². The van der Waals surface area contributed by atoms with E-state index in [1.165, 1.54) is 7.05 Å². The highest BCUT2D eigenvalue weighted by molar-refractivity contribution is 7.89. The van der Waals surface area contributed by atoms with Gasteiger partial charge < -0.3 is 5.32 Å². The zero-order chi connectivity index (χ0) is 28.1. The van der Waals surface area contributed by atoms with Gasteiger partial charge in [0.1, 0.15) is 0 Å². The Kier molecular flexibility index (Phi) is 7.67. The van der Waals surface area contributed by atoms with Crippen molar-refractivity contribution < 1.29 is 8.42 Å². The minimum absolute atomic E-state index is 0.178. The summed E-state index contributed by atoms with van der Waals surface area (Å²) in [7, 11) is -2.15. The number of nitrogens with zero attached hydrogens (tertiary/aromatic N) is 5. The SMILES string of the molecule is CNS(=O)(=O)c1ccc(C(C)=NNc2nc(Nc3ccccc3)nc(-n3cccn3)c2-c2ccccc2C)cc1. The molecule has 0 atom stereocenters. The number of hydrogen-bond donors (Lipinski definition) is 3. The average Bonchev–Trinajstić information content (AvgIpc) is 3.52. The summed E-state index contributed by atoms with van der Waals surface area (Å²) in [6.07, 6.45) is 3.52. The van der Waals surface area contributed by atoms with Gasteiger partial charge in [-0.1, -0.05) is 54.6 Å². The Morgan fingerprint density at radius 2 is 1.62 bits per heavy atom. The van der Waals surface area contributed by atoms with Gasteiger partial charge in [0.05, 0.1) is 16.2 Å². The molecule has 11 heteroatoms. The summed E-state index contributed by atoms with van der Waals surface area (Å²) < 4.78 is 28.2. The first-order valence-electron chi connectivity index (χ1n) is 12.5. The van der Waals surface area contributed by atoms with Crippen molar-refractivity contribution in [1.29, 1.82) is 0 Å². The van der Waals surface area contributed by atoms with E-state index in [1.807, 2.05) is 80.7 Å². The minimum atomic E-state index is -3.53. The molecule has 5 rings (SSSR count). The van der Waals surface area contributed by atoms with Gasteiger partial charge in [-0.05, 0) is 67.9 Å². The van der Waals surface area contributed by atoms with E-state index in [9.17, 15) is 8.42 Å². The molecule has 0 saturated heterocycles. The van der Waals surface area contributed by atoms with Crippen molar-refractivity contribution in [2.75, 3.05) is 17.8 Å². The minimum Gasteiger partial charge on any atom is -0.324 e.